The zero-order valence-electron chi connectivity index (χ0n) is 27.5. The van der Waals surface area contributed by atoms with Gasteiger partial charge in [-0.25, -0.2) is 9.69 Å². The van der Waals surface area contributed by atoms with Gasteiger partial charge >= 0.3 is 24.0 Å². The lowest BCUT2D eigenvalue weighted by atomic mass is 9.92. The van der Waals surface area contributed by atoms with Crippen molar-refractivity contribution in [3.8, 4) is 11.8 Å². The molecule has 2 heterocycles. The van der Waals surface area contributed by atoms with Crippen LogP contribution in [0.25, 0.3) is 0 Å². The molecule has 43 heavy (non-hydrogen) atoms. The Labute approximate surface area is 255 Å². The normalized spacial score (nSPS) is 24.6. The molecule has 2 fully saturated rings. The summed E-state index contributed by atoms with van der Waals surface area (Å²) in [4.78, 5) is 66.5. The number of imide groups is 1. The monoisotopic (exact) mass is 607 g/mol. The first-order chi connectivity index (χ1) is 19.7. The van der Waals surface area contributed by atoms with E-state index in [1.807, 2.05) is 0 Å². The van der Waals surface area contributed by atoms with E-state index in [2.05, 4.69) is 18.8 Å². The molecule has 242 valence electrons. The molecular weight excluding hydrogens is 558 g/mol. The summed E-state index contributed by atoms with van der Waals surface area (Å²) < 4.78 is 28.8. The number of esters is 3. The van der Waals surface area contributed by atoms with Gasteiger partial charge in [-0.1, -0.05) is 26.2 Å². The highest BCUT2D eigenvalue weighted by Gasteiger charge is 2.61. The van der Waals surface area contributed by atoms with E-state index in [9.17, 15) is 24.0 Å². The molecule has 2 aliphatic rings. The lowest BCUT2D eigenvalue weighted by Crippen LogP contribution is -2.65. The molecule has 2 aliphatic heterocycles. The third kappa shape index (κ3) is 9.68. The molecule has 0 saturated carbocycles. The number of nitrogens with zero attached hydrogens (tertiary/aromatic N) is 1. The van der Waals surface area contributed by atoms with Crippen LogP contribution in [-0.4, -0.2) is 72.1 Å². The lowest BCUT2D eigenvalue weighted by Gasteiger charge is -2.44. The van der Waals surface area contributed by atoms with Crippen molar-refractivity contribution in [1.29, 1.82) is 0 Å². The van der Waals surface area contributed by atoms with E-state index in [4.69, 9.17) is 23.7 Å². The molecule has 0 aromatic carbocycles. The van der Waals surface area contributed by atoms with Crippen LogP contribution in [0.3, 0.4) is 0 Å². The predicted molar refractivity (Wildman–Crippen MR) is 156 cm³/mol. The van der Waals surface area contributed by atoms with E-state index in [-0.39, 0.29) is 18.9 Å². The predicted octanol–water partition coefficient (Wildman–Crippen LogP) is 4.78. The molecule has 2 rings (SSSR count). The van der Waals surface area contributed by atoms with Gasteiger partial charge in [-0.2, -0.15) is 0 Å². The standard InChI is InChI=1S/C32H49NO10/c1-12-13-14-15-16-19(2)17-21(34)33-22-24(42-28(37)32(9,10)11)23(41-27(36)31(6,7)8)20(40-25(22)43-29(33)38)18-39-26(35)30(3,4)5/h19-20,22-25H,12-14,17-18H2,1-11H3/t19?,20-,22-,23-,24-,25-/m1/s1. The summed E-state index contributed by atoms with van der Waals surface area (Å²) in [5.41, 5.74) is -2.79. The molecule has 11 nitrogen and oxygen atoms in total. The van der Waals surface area contributed by atoms with E-state index in [0.29, 0.717) is 6.42 Å². The third-order valence-electron chi connectivity index (χ3n) is 6.78. The number of unbranched alkanes of at least 4 members (excludes halogenated alkanes) is 2. The molecule has 1 unspecified atom stereocenters. The second-order valence-corrected chi connectivity index (χ2v) is 14.3. The average molecular weight is 608 g/mol. The molecule has 0 aromatic rings. The van der Waals surface area contributed by atoms with Crippen LogP contribution in [0.15, 0.2) is 0 Å². The Kier molecular flexibility index (Phi) is 11.8. The van der Waals surface area contributed by atoms with Gasteiger partial charge in [0, 0.05) is 18.8 Å². The summed E-state index contributed by atoms with van der Waals surface area (Å²) >= 11 is 0. The van der Waals surface area contributed by atoms with Gasteiger partial charge in [0.2, 0.25) is 12.2 Å². The van der Waals surface area contributed by atoms with Crippen LogP contribution in [-0.2, 0) is 42.9 Å². The van der Waals surface area contributed by atoms with Crippen molar-refractivity contribution in [1.82, 2.24) is 4.90 Å². The molecule has 0 N–H and O–H groups in total. The second kappa shape index (κ2) is 14.1. The highest BCUT2D eigenvalue weighted by Crippen LogP contribution is 2.38. The molecule has 0 spiro atoms. The Bertz CT molecular complexity index is 1110. The van der Waals surface area contributed by atoms with E-state index in [0.717, 1.165) is 17.7 Å². The molecule has 2 saturated heterocycles. The van der Waals surface area contributed by atoms with Crippen molar-refractivity contribution in [3.05, 3.63) is 0 Å². The number of carbonyl (C=O) groups excluding carboxylic acids is 5. The summed E-state index contributed by atoms with van der Waals surface area (Å²) in [6.07, 6.45) is -3.73. The molecule has 0 bridgehead atoms. The van der Waals surface area contributed by atoms with Crippen molar-refractivity contribution < 1.29 is 47.7 Å². The van der Waals surface area contributed by atoms with E-state index < -0.39 is 76.8 Å². The molecule has 6 atom stereocenters. The Balaban J connectivity index is 2.52. The molecule has 0 radical (unpaired) electrons. The molecule has 2 amide bonds. The Morgan fingerprint density at radius 3 is 1.93 bits per heavy atom. The number of ether oxygens (including phenoxy) is 5. The van der Waals surface area contributed by atoms with E-state index in [1.54, 1.807) is 69.2 Å². The Hall–Kier alpha value is -3.13. The first-order valence-corrected chi connectivity index (χ1v) is 14.9. The van der Waals surface area contributed by atoms with Crippen molar-refractivity contribution in [3.63, 3.8) is 0 Å². The van der Waals surface area contributed by atoms with Gasteiger partial charge in [-0.15, -0.1) is 5.92 Å². The molecule has 0 aromatic heterocycles. The Morgan fingerprint density at radius 2 is 1.42 bits per heavy atom. The van der Waals surface area contributed by atoms with Crippen LogP contribution in [0.5, 0.6) is 0 Å². The van der Waals surface area contributed by atoms with Crippen LogP contribution in [0.2, 0.25) is 0 Å². The maximum Gasteiger partial charge on any atom is 0.419 e. The third-order valence-corrected chi connectivity index (χ3v) is 6.78. The van der Waals surface area contributed by atoms with Crippen LogP contribution in [0.1, 0.15) is 102 Å². The zero-order valence-corrected chi connectivity index (χ0v) is 27.5. The number of fused-ring (bicyclic) bond motifs is 1. The maximum atomic E-state index is 13.5. The van der Waals surface area contributed by atoms with Crippen molar-refractivity contribution >= 4 is 29.9 Å². The number of carbonyl (C=O) groups is 5. The number of rotatable bonds is 8. The van der Waals surface area contributed by atoms with Gasteiger partial charge in [0.25, 0.3) is 0 Å². The van der Waals surface area contributed by atoms with Gasteiger partial charge in [0.15, 0.2) is 12.2 Å². The minimum atomic E-state index is -1.38. The fourth-order valence-electron chi connectivity index (χ4n) is 4.11. The van der Waals surface area contributed by atoms with Crippen LogP contribution in [0, 0.1) is 34.0 Å². The molecule has 0 aliphatic carbocycles. The summed E-state index contributed by atoms with van der Waals surface area (Å²) in [5.74, 6) is 3.26. The fraction of sp³-hybridized carbons (Fsp3) is 0.781. The molecule has 11 heteroatoms. The van der Waals surface area contributed by atoms with Gasteiger partial charge < -0.3 is 23.7 Å². The van der Waals surface area contributed by atoms with Gasteiger partial charge in [0.05, 0.1) is 16.2 Å². The van der Waals surface area contributed by atoms with E-state index >= 15 is 0 Å². The van der Waals surface area contributed by atoms with Gasteiger partial charge in [0.1, 0.15) is 18.8 Å². The average Bonchev–Trinajstić information content (AvgIpc) is 3.20. The zero-order chi connectivity index (χ0) is 32.9. The highest BCUT2D eigenvalue weighted by atomic mass is 16.7. The Morgan fingerprint density at radius 1 is 0.884 bits per heavy atom. The van der Waals surface area contributed by atoms with Crippen molar-refractivity contribution in [2.75, 3.05) is 6.61 Å². The maximum absolute atomic E-state index is 13.5. The van der Waals surface area contributed by atoms with Crippen LogP contribution < -0.4 is 0 Å². The molecular formula is C32H49NO10. The highest BCUT2D eigenvalue weighted by molar-refractivity contribution is 5.94. The van der Waals surface area contributed by atoms with Crippen LogP contribution >= 0.6 is 0 Å². The summed E-state index contributed by atoms with van der Waals surface area (Å²) in [6.45, 7) is 18.3. The topological polar surface area (TPSA) is 135 Å². The summed E-state index contributed by atoms with van der Waals surface area (Å²) in [7, 11) is 0. The SMILES string of the molecule is CCCCC#CC(C)CC(=O)N1C(=O)O[C@H]2O[C@H](COC(=O)C(C)(C)C)[C@@H](OC(=O)C(C)(C)C)[C@H](OC(=O)C(C)(C)C)[C@H]21. The lowest BCUT2D eigenvalue weighted by molar-refractivity contribution is -0.259. The second-order valence-electron chi connectivity index (χ2n) is 14.3. The minimum absolute atomic E-state index is 0.101. The fourth-order valence-corrected chi connectivity index (χ4v) is 4.11. The number of hydrogen-bond acceptors (Lipinski definition) is 10. The number of amides is 2. The first-order valence-electron chi connectivity index (χ1n) is 14.9. The number of hydrogen-bond donors (Lipinski definition) is 0. The largest absolute Gasteiger partial charge is 0.462 e. The van der Waals surface area contributed by atoms with Gasteiger partial charge in [-0.3, -0.25) is 19.2 Å². The smallest absolute Gasteiger partial charge is 0.419 e. The minimum Gasteiger partial charge on any atom is -0.462 e. The van der Waals surface area contributed by atoms with Crippen molar-refractivity contribution in [2.24, 2.45) is 22.2 Å². The van der Waals surface area contributed by atoms with Crippen molar-refractivity contribution in [2.45, 2.75) is 132 Å². The van der Waals surface area contributed by atoms with Crippen LogP contribution in [0.4, 0.5) is 4.79 Å². The first kappa shape index (κ1) is 36.1. The van der Waals surface area contributed by atoms with E-state index in [1.165, 1.54) is 0 Å². The van der Waals surface area contributed by atoms with Gasteiger partial charge in [-0.05, 0) is 68.7 Å². The summed E-state index contributed by atoms with van der Waals surface area (Å²) in [5, 5.41) is 0. The summed E-state index contributed by atoms with van der Waals surface area (Å²) in [6, 6.07) is -1.26. The quantitative estimate of drug-likeness (QED) is 0.164.